The highest BCUT2D eigenvalue weighted by molar-refractivity contribution is 5.49. The van der Waals surface area contributed by atoms with Crippen molar-refractivity contribution in [3.05, 3.63) is 24.3 Å². The zero-order valence-corrected chi connectivity index (χ0v) is 11.1. The molecule has 0 amide bonds. The Balaban J connectivity index is 1.74. The van der Waals surface area contributed by atoms with E-state index >= 15 is 0 Å². The Bertz CT molecular complexity index is 390. The van der Waals surface area contributed by atoms with E-state index in [9.17, 15) is 0 Å². The van der Waals surface area contributed by atoms with Gasteiger partial charge in [-0.2, -0.15) is 0 Å². The van der Waals surface area contributed by atoms with Crippen LogP contribution < -0.4 is 9.64 Å². The normalized spacial score (nSPS) is 24.7. The summed E-state index contributed by atoms with van der Waals surface area (Å²) < 4.78 is 5.22. The molecule has 2 saturated heterocycles. The molecule has 1 unspecified atom stereocenters. The Morgan fingerprint density at radius 1 is 1.06 bits per heavy atom. The van der Waals surface area contributed by atoms with E-state index in [1.807, 2.05) is 0 Å². The van der Waals surface area contributed by atoms with E-state index < -0.39 is 0 Å². The molecule has 1 aromatic rings. The summed E-state index contributed by atoms with van der Waals surface area (Å²) in [5.41, 5.74) is 1.34. The van der Waals surface area contributed by atoms with E-state index in [2.05, 4.69) is 34.1 Å². The molecule has 0 saturated carbocycles. The van der Waals surface area contributed by atoms with Gasteiger partial charge in [-0.15, -0.1) is 0 Å². The number of anilines is 1. The third-order valence-corrected chi connectivity index (χ3v) is 4.24. The van der Waals surface area contributed by atoms with Gasteiger partial charge in [0.15, 0.2) is 0 Å². The monoisotopic (exact) mass is 246 g/mol. The second-order valence-electron chi connectivity index (χ2n) is 5.33. The summed E-state index contributed by atoms with van der Waals surface area (Å²) in [6, 6.07) is 9.27. The topological polar surface area (TPSA) is 15.7 Å². The summed E-state index contributed by atoms with van der Waals surface area (Å²) >= 11 is 0. The molecule has 3 nitrogen and oxygen atoms in total. The molecular weight excluding hydrogens is 224 g/mol. The second kappa shape index (κ2) is 5.19. The molecule has 98 valence electrons. The van der Waals surface area contributed by atoms with E-state index in [1.165, 1.54) is 51.1 Å². The van der Waals surface area contributed by atoms with Crippen molar-refractivity contribution in [2.24, 2.45) is 0 Å². The maximum atomic E-state index is 5.22. The first-order valence-corrected chi connectivity index (χ1v) is 7.00. The molecule has 18 heavy (non-hydrogen) atoms. The number of fused-ring (bicyclic) bond motifs is 1. The van der Waals surface area contributed by atoms with Crippen LogP contribution in [0.3, 0.4) is 0 Å². The predicted molar refractivity (Wildman–Crippen MR) is 74.4 cm³/mol. The van der Waals surface area contributed by atoms with Gasteiger partial charge in [-0.05, 0) is 50.1 Å². The Morgan fingerprint density at radius 3 is 2.61 bits per heavy atom. The van der Waals surface area contributed by atoms with Gasteiger partial charge in [0.05, 0.1) is 7.11 Å². The molecule has 0 spiro atoms. The van der Waals surface area contributed by atoms with Crippen LogP contribution in [0.2, 0.25) is 0 Å². The van der Waals surface area contributed by atoms with E-state index in [1.54, 1.807) is 7.11 Å². The van der Waals surface area contributed by atoms with Crippen molar-refractivity contribution in [3.63, 3.8) is 0 Å². The molecule has 2 aliphatic heterocycles. The van der Waals surface area contributed by atoms with E-state index in [4.69, 9.17) is 4.74 Å². The zero-order valence-electron chi connectivity index (χ0n) is 11.1. The van der Waals surface area contributed by atoms with Crippen molar-refractivity contribution in [2.45, 2.75) is 25.3 Å². The molecule has 1 atom stereocenters. The third kappa shape index (κ3) is 2.32. The Hall–Kier alpha value is -1.22. The van der Waals surface area contributed by atoms with E-state index in [0.29, 0.717) is 0 Å². The van der Waals surface area contributed by atoms with Gasteiger partial charge in [-0.1, -0.05) is 0 Å². The summed E-state index contributed by atoms with van der Waals surface area (Å²) in [6.07, 6.45) is 4.02. The van der Waals surface area contributed by atoms with Crippen LogP contribution in [-0.2, 0) is 0 Å². The van der Waals surface area contributed by atoms with Gasteiger partial charge in [-0.25, -0.2) is 0 Å². The van der Waals surface area contributed by atoms with Gasteiger partial charge in [-0.3, -0.25) is 4.90 Å². The minimum absolute atomic E-state index is 0.773. The van der Waals surface area contributed by atoms with Gasteiger partial charge in [0.2, 0.25) is 0 Å². The lowest BCUT2D eigenvalue weighted by molar-refractivity contribution is 0.273. The highest BCUT2D eigenvalue weighted by Crippen LogP contribution is 2.26. The lowest BCUT2D eigenvalue weighted by atomic mass is 10.2. The van der Waals surface area contributed by atoms with Crippen LogP contribution in [0.4, 0.5) is 5.69 Å². The van der Waals surface area contributed by atoms with Crippen LogP contribution >= 0.6 is 0 Å². The third-order valence-electron chi connectivity index (χ3n) is 4.24. The van der Waals surface area contributed by atoms with Gasteiger partial charge in [0, 0.05) is 31.4 Å². The number of ether oxygens (including phenoxy) is 1. The summed E-state index contributed by atoms with van der Waals surface area (Å²) in [5, 5.41) is 0. The quantitative estimate of drug-likeness (QED) is 0.797. The molecule has 0 radical (unpaired) electrons. The van der Waals surface area contributed by atoms with Crippen LogP contribution in [0, 0.1) is 0 Å². The number of hydrogen-bond donors (Lipinski definition) is 0. The lowest BCUT2D eigenvalue weighted by Crippen LogP contribution is -2.36. The van der Waals surface area contributed by atoms with Crippen molar-refractivity contribution in [2.75, 3.05) is 38.2 Å². The van der Waals surface area contributed by atoms with Crippen LogP contribution in [-0.4, -0.2) is 44.2 Å². The highest BCUT2D eigenvalue weighted by Gasteiger charge is 2.28. The number of nitrogens with zero attached hydrogens (tertiary/aromatic N) is 2. The van der Waals surface area contributed by atoms with Crippen LogP contribution in [0.15, 0.2) is 24.3 Å². The first-order chi connectivity index (χ1) is 8.86. The minimum atomic E-state index is 0.773. The van der Waals surface area contributed by atoms with E-state index in [-0.39, 0.29) is 0 Å². The number of methoxy groups -OCH3 is 1. The number of benzene rings is 1. The van der Waals surface area contributed by atoms with Crippen molar-refractivity contribution in [3.8, 4) is 5.75 Å². The largest absolute Gasteiger partial charge is 0.497 e. The molecule has 2 aliphatic rings. The lowest BCUT2D eigenvalue weighted by Gasteiger charge is -2.27. The first kappa shape index (κ1) is 11.8. The van der Waals surface area contributed by atoms with Crippen LogP contribution in [0.1, 0.15) is 19.3 Å². The highest BCUT2D eigenvalue weighted by atomic mass is 16.5. The summed E-state index contributed by atoms with van der Waals surface area (Å²) in [4.78, 5) is 5.21. The Kier molecular flexibility index (Phi) is 3.41. The molecular formula is C15H22N2O. The molecule has 3 heteroatoms. The Morgan fingerprint density at radius 2 is 1.83 bits per heavy atom. The maximum Gasteiger partial charge on any atom is 0.119 e. The smallest absolute Gasteiger partial charge is 0.119 e. The minimum Gasteiger partial charge on any atom is -0.497 e. The molecule has 2 heterocycles. The number of hydrogen-bond acceptors (Lipinski definition) is 3. The number of rotatable bonds is 2. The first-order valence-electron chi connectivity index (χ1n) is 7.00. The molecule has 0 aliphatic carbocycles. The molecule has 3 rings (SSSR count). The fourth-order valence-corrected chi connectivity index (χ4v) is 3.23. The SMILES string of the molecule is COc1ccc(N2CCCN3CCCC3C2)cc1. The molecule has 0 N–H and O–H groups in total. The van der Waals surface area contributed by atoms with Crippen molar-refractivity contribution >= 4 is 5.69 Å². The van der Waals surface area contributed by atoms with Crippen LogP contribution in [0.25, 0.3) is 0 Å². The van der Waals surface area contributed by atoms with Crippen molar-refractivity contribution in [1.29, 1.82) is 0 Å². The van der Waals surface area contributed by atoms with Crippen LogP contribution in [0.5, 0.6) is 5.75 Å². The van der Waals surface area contributed by atoms with Gasteiger partial charge >= 0.3 is 0 Å². The molecule has 1 aromatic carbocycles. The summed E-state index contributed by atoms with van der Waals surface area (Å²) in [7, 11) is 1.72. The Labute approximate surface area is 109 Å². The van der Waals surface area contributed by atoms with Gasteiger partial charge in [0.25, 0.3) is 0 Å². The standard InChI is InChI=1S/C15H22N2O/c1-18-15-7-5-13(6-8-15)17-11-3-10-16-9-2-4-14(16)12-17/h5-8,14H,2-4,9-12H2,1H3. The van der Waals surface area contributed by atoms with Gasteiger partial charge < -0.3 is 9.64 Å². The van der Waals surface area contributed by atoms with Crippen molar-refractivity contribution < 1.29 is 4.74 Å². The average molecular weight is 246 g/mol. The average Bonchev–Trinajstić information content (AvgIpc) is 2.76. The summed E-state index contributed by atoms with van der Waals surface area (Å²) in [5.74, 6) is 0.941. The summed E-state index contributed by atoms with van der Waals surface area (Å²) in [6.45, 7) is 4.95. The fourth-order valence-electron chi connectivity index (χ4n) is 3.23. The molecule has 2 fully saturated rings. The van der Waals surface area contributed by atoms with Gasteiger partial charge in [0.1, 0.15) is 5.75 Å². The second-order valence-corrected chi connectivity index (χ2v) is 5.33. The maximum absolute atomic E-state index is 5.22. The van der Waals surface area contributed by atoms with Crippen molar-refractivity contribution in [1.82, 2.24) is 4.90 Å². The van der Waals surface area contributed by atoms with E-state index in [0.717, 1.165) is 11.8 Å². The fraction of sp³-hybridized carbons (Fsp3) is 0.600. The molecule has 0 aromatic heterocycles. The zero-order chi connectivity index (χ0) is 12.4. The predicted octanol–water partition coefficient (Wildman–Crippen LogP) is 2.37. The molecule has 0 bridgehead atoms.